The number of rotatable bonds is 2. The first kappa shape index (κ1) is 10.8. The van der Waals surface area contributed by atoms with Gasteiger partial charge in [0.2, 0.25) is 0 Å². The normalized spacial score (nSPS) is 15.1. The van der Waals surface area contributed by atoms with E-state index in [0.29, 0.717) is 5.92 Å². The van der Waals surface area contributed by atoms with Crippen LogP contribution in [0.4, 0.5) is 5.69 Å². The van der Waals surface area contributed by atoms with Crippen LogP contribution in [-0.4, -0.2) is 19.7 Å². The predicted molar refractivity (Wildman–Crippen MR) is 66.7 cm³/mol. The molecule has 82 valence electrons. The molecule has 1 aliphatic rings. The minimum Gasteiger partial charge on any atom is -0.490 e. The minimum atomic E-state index is 0.676. The SMILES string of the molecule is CC(C)CN1CCOc2ccc(Br)cc21. The lowest BCUT2D eigenvalue weighted by molar-refractivity contribution is 0.304. The van der Waals surface area contributed by atoms with Gasteiger partial charge in [0.05, 0.1) is 12.2 Å². The first-order chi connectivity index (χ1) is 7.16. The summed E-state index contributed by atoms with van der Waals surface area (Å²) in [6.07, 6.45) is 0. The molecule has 0 unspecified atom stereocenters. The zero-order chi connectivity index (χ0) is 10.8. The molecule has 0 amide bonds. The number of nitrogens with zero attached hydrogens (tertiary/aromatic N) is 1. The third kappa shape index (κ3) is 2.46. The fraction of sp³-hybridized carbons (Fsp3) is 0.500. The lowest BCUT2D eigenvalue weighted by Gasteiger charge is -2.32. The summed E-state index contributed by atoms with van der Waals surface area (Å²) in [5, 5.41) is 0. The largest absolute Gasteiger partial charge is 0.490 e. The maximum absolute atomic E-state index is 5.63. The van der Waals surface area contributed by atoms with Gasteiger partial charge in [-0.2, -0.15) is 0 Å². The molecule has 0 saturated carbocycles. The standard InChI is InChI=1S/C12H16BrNO/c1-9(2)8-14-5-6-15-12-4-3-10(13)7-11(12)14/h3-4,7,9H,5-6,8H2,1-2H3. The van der Waals surface area contributed by atoms with Crippen molar-refractivity contribution in [1.82, 2.24) is 0 Å². The number of fused-ring (bicyclic) bond motifs is 1. The van der Waals surface area contributed by atoms with Crippen LogP contribution in [0.15, 0.2) is 22.7 Å². The molecule has 0 saturated heterocycles. The van der Waals surface area contributed by atoms with Gasteiger partial charge in [0.15, 0.2) is 0 Å². The maximum Gasteiger partial charge on any atom is 0.142 e. The third-order valence-corrected chi connectivity index (χ3v) is 2.96. The fourth-order valence-corrected chi connectivity index (χ4v) is 2.23. The van der Waals surface area contributed by atoms with E-state index in [9.17, 15) is 0 Å². The van der Waals surface area contributed by atoms with Crippen LogP contribution < -0.4 is 9.64 Å². The Kier molecular flexibility index (Phi) is 3.19. The zero-order valence-electron chi connectivity index (χ0n) is 9.16. The molecule has 1 heterocycles. The number of hydrogen-bond donors (Lipinski definition) is 0. The minimum absolute atomic E-state index is 0.676. The van der Waals surface area contributed by atoms with Gasteiger partial charge in [-0.25, -0.2) is 0 Å². The molecule has 1 aliphatic heterocycles. The van der Waals surface area contributed by atoms with Crippen LogP contribution in [-0.2, 0) is 0 Å². The first-order valence-corrected chi connectivity index (χ1v) is 6.13. The first-order valence-electron chi connectivity index (χ1n) is 5.34. The summed E-state index contributed by atoms with van der Waals surface area (Å²) >= 11 is 3.50. The average molecular weight is 270 g/mol. The van der Waals surface area contributed by atoms with E-state index in [1.54, 1.807) is 0 Å². The molecule has 0 bridgehead atoms. The molecule has 1 aromatic carbocycles. The molecule has 0 aromatic heterocycles. The molecule has 0 aliphatic carbocycles. The summed E-state index contributed by atoms with van der Waals surface area (Å²) in [6, 6.07) is 6.19. The smallest absolute Gasteiger partial charge is 0.142 e. The van der Waals surface area contributed by atoms with Gasteiger partial charge in [-0.3, -0.25) is 0 Å². The van der Waals surface area contributed by atoms with Crippen molar-refractivity contribution >= 4 is 21.6 Å². The van der Waals surface area contributed by atoms with E-state index in [0.717, 1.165) is 29.9 Å². The Morgan fingerprint density at radius 2 is 2.27 bits per heavy atom. The van der Waals surface area contributed by atoms with Crippen LogP contribution in [0.2, 0.25) is 0 Å². The van der Waals surface area contributed by atoms with Crippen molar-refractivity contribution in [3.63, 3.8) is 0 Å². The van der Waals surface area contributed by atoms with E-state index >= 15 is 0 Å². The van der Waals surface area contributed by atoms with Crippen LogP contribution >= 0.6 is 15.9 Å². The summed E-state index contributed by atoms with van der Waals surface area (Å²) in [4.78, 5) is 2.40. The van der Waals surface area contributed by atoms with Gasteiger partial charge in [0.25, 0.3) is 0 Å². The van der Waals surface area contributed by atoms with Crippen molar-refractivity contribution in [2.75, 3.05) is 24.6 Å². The highest BCUT2D eigenvalue weighted by molar-refractivity contribution is 9.10. The maximum atomic E-state index is 5.63. The highest BCUT2D eigenvalue weighted by atomic mass is 79.9. The number of hydrogen-bond acceptors (Lipinski definition) is 2. The van der Waals surface area contributed by atoms with E-state index < -0.39 is 0 Å². The molecule has 2 rings (SSSR count). The second-order valence-corrected chi connectivity index (χ2v) is 5.22. The second kappa shape index (κ2) is 4.44. The summed E-state index contributed by atoms with van der Waals surface area (Å²) in [7, 11) is 0. The van der Waals surface area contributed by atoms with Gasteiger partial charge in [-0.05, 0) is 24.1 Å². The molecular weight excluding hydrogens is 254 g/mol. The van der Waals surface area contributed by atoms with Crippen LogP contribution in [0.5, 0.6) is 5.75 Å². The lowest BCUT2D eigenvalue weighted by atomic mass is 10.1. The Hall–Kier alpha value is -0.700. The van der Waals surface area contributed by atoms with Crippen LogP contribution in [0.1, 0.15) is 13.8 Å². The molecule has 0 atom stereocenters. The van der Waals surface area contributed by atoms with E-state index in [-0.39, 0.29) is 0 Å². The molecule has 3 heteroatoms. The fourth-order valence-electron chi connectivity index (χ4n) is 1.88. The molecule has 2 nitrogen and oxygen atoms in total. The number of ether oxygens (including phenoxy) is 1. The molecule has 0 fully saturated rings. The molecule has 15 heavy (non-hydrogen) atoms. The van der Waals surface area contributed by atoms with Gasteiger partial charge in [0.1, 0.15) is 12.4 Å². The third-order valence-electron chi connectivity index (χ3n) is 2.47. The predicted octanol–water partition coefficient (Wildman–Crippen LogP) is 3.30. The Morgan fingerprint density at radius 1 is 1.47 bits per heavy atom. The van der Waals surface area contributed by atoms with Crippen molar-refractivity contribution < 1.29 is 4.74 Å². The lowest BCUT2D eigenvalue weighted by Crippen LogP contribution is -2.35. The quantitative estimate of drug-likeness (QED) is 0.817. The molecule has 0 spiro atoms. The van der Waals surface area contributed by atoms with E-state index in [4.69, 9.17) is 4.74 Å². The Bertz CT molecular complexity index is 351. The Labute approximate surface area is 99.4 Å². The van der Waals surface area contributed by atoms with Crippen LogP contribution in [0.3, 0.4) is 0 Å². The van der Waals surface area contributed by atoms with E-state index in [2.05, 4.69) is 40.7 Å². The Morgan fingerprint density at radius 3 is 3.00 bits per heavy atom. The van der Waals surface area contributed by atoms with Gasteiger partial charge >= 0.3 is 0 Å². The van der Waals surface area contributed by atoms with Crippen molar-refractivity contribution in [3.8, 4) is 5.75 Å². The molecule has 0 N–H and O–H groups in total. The monoisotopic (exact) mass is 269 g/mol. The molecular formula is C12H16BrNO. The van der Waals surface area contributed by atoms with Crippen molar-refractivity contribution in [3.05, 3.63) is 22.7 Å². The molecule has 0 radical (unpaired) electrons. The van der Waals surface area contributed by atoms with Crippen LogP contribution in [0.25, 0.3) is 0 Å². The summed E-state index contributed by atoms with van der Waals surface area (Å²) in [6.45, 7) is 7.36. The zero-order valence-corrected chi connectivity index (χ0v) is 10.8. The number of anilines is 1. The highest BCUT2D eigenvalue weighted by Gasteiger charge is 2.18. The topological polar surface area (TPSA) is 12.5 Å². The summed E-state index contributed by atoms with van der Waals surface area (Å²) in [5.74, 6) is 1.68. The average Bonchev–Trinajstić information content (AvgIpc) is 2.18. The van der Waals surface area contributed by atoms with E-state index in [1.807, 2.05) is 12.1 Å². The van der Waals surface area contributed by atoms with Gasteiger partial charge in [-0.1, -0.05) is 29.8 Å². The summed E-state index contributed by atoms with van der Waals surface area (Å²) in [5.41, 5.74) is 1.21. The van der Waals surface area contributed by atoms with Crippen LogP contribution in [0, 0.1) is 5.92 Å². The van der Waals surface area contributed by atoms with Crippen molar-refractivity contribution in [1.29, 1.82) is 0 Å². The second-order valence-electron chi connectivity index (χ2n) is 4.30. The van der Waals surface area contributed by atoms with Gasteiger partial charge in [0, 0.05) is 11.0 Å². The summed E-state index contributed by atoms with van der Waals surface area (Å²) < 4.78 is 6.74. The Balaban J connectivity index is 2.28. The number of benzene rings is 1. The number of halogens is 1. The van der Waals surface area contributed by atoms with Gasteiger partial charge in [-0.15, -0.1) is 0 Å². The highest BCUT2D eigenvalue weighted by Crippen LogP contribution is 2.34. The van der Waals surface area contributed by atoms with Crippen molar-refractivity contribution in [2.24, 2.45) is 5.92 Å². The van der Waals surface area contributed by atoms with Crippen molar-refractivity contribution in [2.45, 2.75) is 13.8 Å². The van der Waals surface area contributed by atoms with E-state index in [1.165, 1.54) is 5.69 Å². The van der Waals surface area contributed by atoms with Gasteiger partial charge < -0.3 is 9.64 Å². The molecule has 1 aromatic rings.